The lowest BCUT2D eigenvalue weighted by molar-refractivity contribution is 0.0948. The molecule has 32 heavy (non-hydrogen) atoms. The highest BCUT2D eigenvalue weighted by Gasteiger charge is 2.18. The summed E-state index contributed by atoms with van der Waals surface area (Å²) in [5.41, 5.74) is 2.35. The Balaban J connectivity index is 1.53. The molecule has 7 nitrogen and oxygen atoms in total. The number of sulfonamides is 1. The zero-order chi connectivity index (χ0) is 23.1. The number of piperazine rings is 1. The van der Waals surface area contributed by atoms with Gasteiger partial charge in [-0.05, 0) is 68.8 Å². The van der Waals surface area contributed by atoms with Crippen molar-refractivity contribution in [2.24, 2.45) is 0 Å². The second-order valence-electron chi connectivity index (χ2n) is 8.34. The summed E-state index contributed by atoms with van der Waals surface area (Å²) in [6.45, 7) is 12.8. The average molecular weight is 459 g/mol. The number of nitrogens with zero attached hydrogens (tertiary/aromatic N) is 2. The third-order valence-electron chi connectivity index (χ3n) is 5.86. The second-order valence-corrected chi connectivity index (χ2v) is 9.99. The number of hydrogen-bond acceptors (Lipinski definition) is 5. The molecule has 0 aromatic heterocycles. The summed E-state index contributed by atoms with van der Waals surface area (Å²) < 4.78 is 28.3. The van der Waals surface area contributed by atoms with Crippen LogP contribution < -0.4 is 10.0 Å². The predicted molar refractivity (Wildman–Crippen MR) is 129 cm³/mol. The number of carbonyl (C=O) groups is 1. The maximum atomic E-state index is 12.8. The smallest absolute Gasteiger partial charge is 0.262 e. The quantitative estimate of drug-likeness (QED) is 0.565. The van der Waals surface area contributed by atoms with Crippen molar-refractivity contribution in [1.82, 2.24) is 15.1 Å². The Kier molecular flexibility index (Phi) is 8.28. The molecule has 2 aromatic carbocycles. The molecule has 0 aliphatic carbocycles. The van der Waals surface area contributed by atoms with Gasteiger partial charge in [-0.25, -0.2) is 8.42 Å². The number of carbonyl (C=O) groups excluding carboxylic acids is 1. The average Bonchev–Trinajstić information content (AvgIpc) is 2.78. The first-order chi connectivity index (χ1) is 15.3. The van der Waals surface area contributed by atoms with Gasteiger partial charge in [0.15, 0.2) is 0 Å². The van der Waals surface area contributed by atoms with Gasteiger partial charge >= 0.3 is 0 Å². The Labute approximate surface area is 191 Å². The van der Waals surface area contributed by atoms with Gasteiger partial charge in [0.1, 0.15) is 0 Å². The highest BCUT2D eigenvalue weighted by Crippen LogP contribution is 2.21. The molecule has 2 N–H and O–H groups in total. The summed E-state index contributed by atoms with van der Waals surface area (Å²) in [5.74, 6) is -0.200. The lowest BCUT2D eigenvalue weighted by Gasteiger charge is -2.33. The number of benzene rings is 2. The van der Waals surface area contributed by atoms with Crippen LogP contribution in [0.5, 0.6) is 0 Å². The molecule has 0 atom stereocenters. The zero-order valence-corrected chi connectivity index (χ0v) is 20.0. The minimum absolute atomic E-state index is 0.200. The molecule has 2 aromatic rings. The molecule has 1 aliphatic rings. The van der Waals surface area contributed by atoms with Crippen molar-refractivity contribution in [1.29, 1.82) is 0 Å². The summed E-state index contributed by atoms with van der Waals surface area (Å²) in [5, 5.41) is 2.94. The number of anilines is 1. The third-order valence-corrected chi connectivity index (χ3v) is 7.38. The van der Waals surface area contributed by atoms with Crippen LogP contribution in [0.1, 0.15) is 34.8 Å². The Morgan fingerprint density at radius 2 is 1.72 bits per heavy atom. The van der Waals surface area contributed by atoms with Gasteiger partial charge in [-0.2, -0.15) is 0 Å². The van der Waals surface area contributed by atoms with E-state index in [9.17, 15) is 13.2 Å². The fourth-order valence-electron chi connectivity index (χ4n) is 3.87. The summed E-state index contributed by atoms with van der Waals surface area (Å²) in [4.78, 5) is 17.7. The third kappa shape index (κ3) is 6.54. The maximum Gasteiger partial charge on any atom is 0.262 e. The van der Waals surface area contributed by atoms with E-state index in [-0.39, 0.29) is 10.8 Å². The first kappa shape index (κ1) is 24.2. The van der Waals surface area contributed by atoms with Crippen LogP contribution in [-0.4, -0.2) is 69.9 Å². The van der Waals surface area contributed by atoms with E-state index in [0.717, 1.165) is 51.3 Å². The van der Waals surface area contributed by atoms with Gasteiger partial charge in [-0.3, -0.25) is 9.52 Å². The molecule has 0 radical (unpaired) electrons. The normalized spacial score (nSPS) is 15.5. The molecular weight excluding hydrogens is 424 g/mol. The molecule has 0 spiro atoms. The highest BCUT2D eigenvalue weighted by atomic mass is 32.2. The molecule has 174 valence electrons. The number of hydrogen-bond donors (Lipinski definition) is 2. The molecule has 0 bridgehead atoms. The maximum absolute atomic E-state index is 12.8. The minimum Gasteiger partial charge on any atom is -0.352 e. The lowest BCUT2D eigenvalue weighted by Crippen LogP contribution is -2.46. The topological polar surface area (TPSA) is 81.8 Å². The molecular formula is C24H34N4O3S. The van der Waals surface area contributed by atoms with Crippen LogP contribution in [0.2, 0.25) is 0 Å². The molecule has 1 amide bonds. The zero-order valence-electron chi connectivity index (χ0n) is 19.2. The summed E-state index contributed by atoms with van der Waals surface area (Å²) in [6.07, 6.45) is 0.886. The first-order valence-corrected chi connectivity index (χ1v) is 12.7. The Hall–Kier alpha value is -2.42. The van der Waals surface area contributed by atoms with Crippen molar-refractivity contribution >= 4 is 21.6 Å². The van der Waals surface area contributed by atoms with Crippen LogP contribution in [0.15, 0.2) is 47.4 Å². The van der Waals surface area contributed by atoms with Crippen LogP contribution in [0.4, 0.5) is 5.69 Å². The van der Waals surface area contributed by atoms with Crippen LogP contribution >= 0.6 is 0 Å². The molecule has 1 fully saturated rings. The molecule has 1 saturated heterocycles. The molecule has 0 unspecified atom stereocenters. The standard InChI is InChI=1S/C24H34N4O3S/c1-4-27-13-15-28(16-14-27)12-6-11-25-24(29)21-7-5-8-22(18-21)26-32(30,31)23-17-19(2)9-10-20(23)3/h5,7-10,17-18,26H,4,6,11-16H2,1-3H3,(H,25,29). The largest absolute Gasteiger partial charge is 0.352 e. The highest BCUT2D eigenvalue weighted by molar-refractivity contribution is 7.92. The minimum atomic E-state index is -3.74. The van der Waals surface area contributed by atoms with E-state index >= 15 is 0 Å². The van der Waals surface area contributed by atoms with Crippen LogP contribution in [0, 0.1) is 13.8 Å². The van der Waals surface area contributed by atoms with Crippen LogP contribution in [-0.2, 0) is 10.0 Å². The van der Waals surface area contributed by atoms with Crippen molar-refractivity contribution < 1.29 is 13.2 Å². The van der Waals surface area contributed by atoms with Gasteiger partial charge in [-0.1, -0.05) is 25.1 Å². The van der Waals surface area contributed by atoms with Gasteiger partial charge < -0.3 is 15.1 Å². The molecule has 8 heteroatoms. The van der Waals surface area contributed by atoms with Gasteiger partial charge in [0.25, 0.3) is 15.9 Å². The number of rotatable bonds is 9. The number of aryl methyl sites for hydroxylation is 2. The predicted octanol–water partition coefficient (Wildman–Crippen LogP) is 2.86. The van der Waals surface area contributed by atoms with E-state index < -0.39 is 10.0 Å². The molecule has 1 aliphatic heterocycles. The van der Waals surface area contributed by atoms with Gasteiger partial charge in [0.2, 0.25) is 0 Å². The number of likely N-dealkylation sites (N-methyl/N-ethyl adjacent to an activating group) is 1. The lowest BCUT2D eigenvalue weighted by atomic mass is 10.2. The first-order valence-electron chi connectivity index (χ1n) is 11.2. The van der Waals surface area contributed by atoms with E-state index in [1.54, 1.807) is 43.3 Å². The Bertz CT molecular complexity index is 1030. The molecule has 3 rings (SSSR count). The van der Waals surface area contributed by atoms with E-state index in [4.69, 9.17) is 0 Å². The van der Waals surface area contributed by atoms with Crippen LogP contribution in [0.3, 0.4) is 0 Å². The SMILES string of the molecule is CCN1CCN(CCCNC(=O)c2cccc(NS(=O)(=O)c3cc(C)ccc3C)c2)CC1. The number of amides is 1. The van der Waals surface area contributed by atoms with Gasteiger partial charge in [0, 0.05) is 44.0 Å². The van der Waals surface area contributed by atoms with Crippen molar-refractivity contribution in [2.75, 3.05) is 50.5 Å². The van der Waals surface area contributed by atoms with Gasteiger partial charge in [-0.15, -0.1) is 0 Å². The van der Waals surface area contributed by atoms with E-state index in [1.807, 2.05) is 13.0 Å². The fourth-order valence-corrected chi connectivity index (χ4v) is 5.25. The van der Waals surface area contributed by atoms with Crippen molar-refractivity contribution in [3.05, 3.63) is 59.2 Å². The summed E-state index contributed by atoms with van der Waals surface area (Å²) in [7, 11) is -3.74. The van der Waals surface area contributed by atoms with E-state index in [0.29, 0.717) is 23.4 Å². The summed E-state index contributed by atoms with van der Waals surface area (Å²) in [6, 6.07) is 11.9. The number of nitrogens with one attached hydrogen (secondary N) is 2. The van der Waals surface area contributed by atoms with Crippen molar-refractivity contribution in [2.45, 2.75) is 32.1 Å². The van der Waals surface area contributed by atoms with E-state index in [1.165, 1.54) is 0 Å². The second kappa shape index (κ2) is 10.9. The van der Waals surface area contributed by atoms with Crippen molar-refractivity contribution in [3.8, 4) is 0 Å². The molecule has 1 heterocycles. The summed E-state index contributed by atoms with van der Waals surface area (Å²) >= 11 is 0. The van der Waals surface area contributed by atoms with Gasteiger partial charge in [0.05, 0.1) is 4.90 Å². The monoisotopic (exact) mass is 458 g/mol. The Morgan fingerprint density at radius 3 is 2.44 bits per heavy atom. The van der Waals surface area contributed by atoms with E-state index in [2.05, 4.69) is 26.8 Å². The molecule has 0 saturated carbocycles. The Morgan fingerprint density at radius 1 is 1.00 bits per heavy atom. The van der Waals surface area contributed by atoms with Crippen molar-refractivity contribution in [3.63, 3.8) is 0 Å². The van der Waals surface area contributed by atoms with Crippen LogP contribution in [0.25, 0.3) is 0 Å². The fraction of sp³-hybridized carbons (Fsp3) is 0.458.